The van der Waals surface area contributed by atoms with Gasteiger partial charge in [0, 0.05) is 11.6 Å². The Bertz CT molecular complexity index is 897. The van der Waals surface area contributed by atoms with Crippen LogP contribution in [0.5, 0.6) is 5.75 Å². The number of amides is 3. The lowest BCUT2D eigenvalue weighted by atomic mass is 9.93. The third kappa shape index (κ3) is 9.42. The van der Waals surface area contributed by atoms with Gasteiger partial charge in [0.25, 0.3) is 0 Å². The molecule has 8 heteroatoms. The standard InChI is InChI=1S/C27H45N3O5/c1-16(2)14-20(29-25(34)35-27(9,10)11)24(33)30(26(6,7)8)22(23(32)28-17(3)4)19-12-13-21(31)18(5)15-19/h12-13,15-17,20,22,31H,14H2,1-11H3,(H,28,32)(H,29,34). The summed E-state index contributed by atoms with van der Waals surface area (Å²) in [6.07, 6.45) is -0.313. The first kappa shape index (κ1) is 30.3. The van der Waals surface area contributed by atoms with E-state index in [0.29, 0.717) is 17.5 Å². The Morgan fingerprint density at radius 2 is 1.57 bits per heavy atom. The maximum absolute atomic E-state index is 14.1. The summed E-state index contributed by atoms with van der Waals surface area (Å²) in [5.74, 6) is -0.519. The largest absolute Gasteiger partial charge is 0.508 e. The first-order valence-corrected chi connectivity index (χ1v) is 12.3. The van der Waals surface area contributed by atoms with Crippen molar-refractivity contribution in [3.05, 3.63) is 29.3 Å². The number of nitrogens with one attached hydrogen (secondary N) is 2. The average molecular weight is 492 g/mol. The van der Waals surface area contributed by atoms with E-state index in [1.165, 1.54) is 11.0 Å². The summed E-state index contributed by atoms with van der Waals surface area (Å²) in [7, 11) is 0. The number of aromatic hydroxyl groups is 1. The van der Waals surface area contributed by atoms with Crippen molar-refractivity contribution in [1.82, 2.24) is 15.5 Å². The molecular formula is C27H45N3O5. The molecule has 8 nitrogen and oxygen atoms in total. The Morgan fingerprint density at radius 3 is 2.00 bits per heavy atom. The Balaban J connectivity index is 3.60. The maximum atomic E-state index is 14.1. The van der Waals surface area contributed by atoms with Crippen molar-refractivity contribution in [3.8, 4) is 5.75 Å². The quantitative estimate of drug-likeness (QED) is 0.483. The van der Waals surface area contributed by atoms with Gasteiger partial charge in [-0.15, -0.1) is 0 Å². The number of aryl methyl sites for hydroxylation is 1. The van der Waals surface area contributed by atoms with Crippen LogP contribution in [0.3, 0.4) is 0 Å². The highest BCUT2D eigenvalue weighted by Gasteiger charge is 2.42. The van der Waals surface area contributed by atoms with E-state index in [4.69, 9.17) is 4.74 Å². The first-order valence-electron chi connectivity index (χ1n) is 12.3. The highest BCUT2D eigenvalue weighted by Crippen LogP contribution is 2.33. The zero-order chi connectivity index (χ0) is 27.3. The van der Waals surface area contributed by atoms with Gasteiger partial charge in [-0.1, -0.05) is 19.9 Å². The molecule has 2 unspecified atom stereocenters. The number of hydrogen-bond acceptors (Lipinski definition) is 5. The zero-order valence-electron chi connectivity index (χ0n) is 23.3. The minimum atomic E-state index is -0.973. The molecule has 0 aliphatic carbocycles. The van der Waals surface area contributed by atoms with E-state index in [2.05, 4.69) is 10.6 Å². The Hall–Kier alpha value is -2.77. The summed E-state index contributed by atoms with van der Waals surface area (Å²) in [4.78, 5) is 41.8. The molecule has 35 heavy (non-hydrogen) atoms. The number of rotatable bonds is 8. The SMILES string of the molecule is Cc1cc(C(C(=O)NC(C)C)N(C(=O)C(CC(C)C)NC(=O)OC(C)(C)C)C(C)(C)C)ccc1O. The van der Waals surface area contributed by atoms with Crippen molar-refractivity contribution < 1.29 is 24.2 Å². The van der Waals surface area contributed by atoms with Crippen LogP contribution < -0.4 is 10.6 Å². The van der Waals surface area contributed by atoms with Gasteiger partial charge in [-0.05, 0) is 97.9 Å². The smallest absolute Gasteiger partial charge is 0.408 e. The summed E-state index contributed by atoms with van der Waals surface area (Å²) >= 11 is 0. The lowest BCUT2D eigenvalue weighted by Crippen LogP contribution is -2.59. The predicted octanol–water partition coefficient (Wildman–Crippen LogP) is 4.83. The molecule has 2 atom stereocenters. The van der Waals surface area contributed by atoms with Crippen molar-refractivity contribution >= 4 is 17.9 Å². The second-order valence-electron chi connectivity index (χ2n) is 11.8. The molecule has 0 fully saturated rings. The summed E-state index contributed by atoms with van der Waals surface area (Å²) in [5.41, 5.74) is -0.325. The first-order chi connectivity index (χ1) is 15.8. The molecule has 1 aromatic rings. The normalized spacial score (nSPS) is 13.9. The maximum Gasteiger partial charge on any atom is 0.408 e. The number of carbonyl (C=O) groups is 3. The number of nitrogens with zero attached hydrogens (tertiary/aromatic N) is 1. The summed E-state index contributed by atoms with van der Waals surface area (Å²) in [6, 6.07) is 2.88. The van der Waals surface area contributed by atoms with E-state index in [0.717, 1.165) is 0 Å². The van der Waals surface area contributed by atoms with Crippen molar-refractivity contribution in [1.29, 1.82) is 0 Å². The summed E-state index contributed by atoms with van der Waals surface area (Å²) in [6.45, 7) is 20.2. The van der Waals surface area contributed by atoms with E-state index in [1.807, 2.05) is 48.5 Å². The number of phenols is 1. The summed E-state index contributed by atoms with van der Waals surface area (Å²) < 4.78 is 5.41. The molecule has 3 amide bonds. The average Bonchev–Trinajstić information content (AvgIpc) is 2.63. The van der Waals surface area contributed by atoms with Gasteiger partial charge in [-0.25, -0.2) is 4.79 Å². The molecule has 3 N–H and O–H groups in total. The number of alkyl carbamates (subject to hydrolysis) is 1. The van der Waals surface area contributed by atoms with Gasteiger partial charge in [0.05, 0.1) is 0 Å². The van der Waals surface area contributed by atoms with Crippen molar-refractivity contribution in [2.75, 3.05) is 0 Å². The molecule has 0 saturated carbocycles. The highest BCUT2D eigenvalue weighted by molar-refractivity contribution is 5.92. The molecule has 0 spiro atoms. The topological polar surface area (TPSA) is 108 Å². The molecule has 1 aromatic carbocycles. The Morgan fingerprint density at radius 1 is 1.00 bits per heavy atom. The zero-order valence-corrected chi connectivity index (χ0v) is 23.3. The van der Waals surface area contributed by atoms with Gasteiger partial charge in [-0.3, -0.25) is 9.59 Å². The molecule has 0 bridgehead atoms. The number of ether oxygens (including phenoxy) is 1. The highest BCUT2D eigenvalue weighted by atomic mass is 16.6. The number of benzene rings is 1. The lowest BCUT2D eigenvalue weighted by molar-refractivity contribution is -0.149. The van der Waals surface area contributed by atoms with E-state index < -0.39 is 29.3 Å². The van der Waals surface area contributed by atoms with Crippen LogP contribution in [0.15, 0.2) is 18.2 Å². The molecule has 0 radical (unpaired) electrons. The van der Waals surface area contributed by atoms with Crippen LogP contribution in [-0.2, 0) is 14.3 Å². The molecule has 198 valence electrons. The van der Waals surface area contributed by atoms with Gasteiger partial charge < -0.3 is 25.4 Å². The Kier molecular flexibility index (Phi) is 10.2. The van der Waals surface area contributed by atoms with Crippen LogP contribution in [0.4, 0.5) is 4.79 Å². The van der Waals surface area contributed by atoms with E-state index in [-0.39, 0.29) is 29.5 Å². The fraction of sp³-hybridized carbons (Fsp3) is 0.667. The molecule has 0 heterocycles. The van der Waals surface area contributed by atoms with E-state index in [1.54, 1.807) is 39.8 Å². The molecule has 0 saturated heterocycles. The molecule has 0 aliphatic heterocycles. The number of carbonyl (C=O) groups excluding carboxylic acids is 3. The van der Waals surface area contributed by atoms with Gasteiger partial charge in [-0.2, -0.15) is 0 Å². The Labute approximate surface area is 210 Å². The van der Waals surface area contributed by atoms with Crippen LogP contribution in [0, 0.1) is 12.8 Å². The molecule has 0 aromatic heterocycles. The van der Waals surface area contributed by atoms with Crippen molar-refractivity contribution in [2.24, 2.45) is 5.92 Å². The molecule has 1 rings (SSSR count). The van der Waals surface area contributed by atoms with Crippen molar-refractivity contribution in [3.63, 3.8) is 0 Å². The second-order valence-corrected chi connectivity index (χ2v) is 11.8. The van der Waals surface area contributed by atoms with Gasteiger partial charge in [0.15, 0.2) is 0 Å². The lowest BCUT2D eigenvalue weighted by Gasteiger charge is -2.43. The monoisotopic (exact) mass is 491 g/mol. The molecule has 0 aliphatic rings. The van der Waals surface area contributed by atoms with Gasteiger partial charge in [0.1, 0.15) is 23.4 Å². The predicted molar refractivity (Wildman–Crippen MR) is 138 cm³/mol. The van der Waals surface area contributed by atoms with E-state index in [9.17, 15) is 19.5 Å². The summed E-state index contributed by atoms with van der Waals surface area (Å²) in [5, 5.41) is 15.7. The fourth-order valence-electron chi connectivity index (χ4n) is 3.79. The minimum Gasteiger partial charge on any atom is -0.508 e. The van der Waals surface area contributed by atoms with Gasteiger partial charge in [0.2, 0.25) is 11.8 Å². The number of hydrogen-bond donors (Lipinski definition) is 3. The van der Waals surface area contributed by atoms with Crippen LogP contribution in [0.2, 0.25) is 0 Å². The third-order valence-corrected chi connectivity index (χ3v) is 5.13. The van der Waals surface area contributed by atoms with Crippen LogP contribution >= 0.6 is 0 Å². The van der Waals surface area contributed by atoms with Gasteiger partial charge >= 0.3 is 6.09 Å². The third-order valence-electron chi connectivity index (χ3n) is 5.13. The van der Waals surface area contributed by atoms with Crippen LogP contribution in [0.1, 0.15) is 92.8 Å². The molecular weight excluding hydrogens is 446 g/mol. The van der Waals surface area contributed by atoms with Crippen LogP contribution in [-0.4, -0.2) is 51.1 Å². The van der Waals surface area contributed by atoms with E-state index >= 15 is 0 Å². The van der Waals surface area contributed by atoms with Crippen LogP contribution in [0.25, 0.3) is 0 Å². The van der Waals surface area contributed by atoms with Crippen molar-refractivity contribution in [2.45, 2.75) is 112 Å². The second kappa shape index (κ2) is 11.8. The number of phenolic OH excluding ortho intramolecular Hbond substituents is 1. The fourth-order valence-corrected chi connectivity index (χ4v) is 3.79. The minimum absolute atomic E-state index is 0.0968.